The Hall–Kier alpha value is -1.74. The van der Waals surface area contributed by atoms with E-state index in [-0.39, 0.29) is 5.91 Å². The van der Waals surface area contributed by atoms with Crippen LogP contribution in [0.25, 0.3) is 11.1 Å². The fourth-order valence-corrected chi connectivity index (χ4v) is 4.79. The zero-order chi connectivity index (χ0) is 19.4. The molecule has 2 aromatic rings. The Morgan fingerprint density at radius 1 is 1.11 bits per heavy atom. The monoisotopic (exact) mass is 386 g/mol. The number of carbonyl (C=O) groups excluding carboxylic acids is 1. The van der Waals surface area contributed by atoms with Crippen molar-refractivity contribution in [2.75, 3.05) is 0 Å². The Bertz CT molecular complexity index is 784. The molecule has 2 N–H and O–H groups in total. The molecule has 0 radical (unpaired) electrons. The largest absolute Gasteiger partial charge is 0.366 e. The number of carbonyl (C=O) groups is 1. The van der Waals surface area contributed by atoms with Crippen molar-refractivity contribution < 1.29 is 4.79 Å². The first-order valence-corrected chi connectivity index (χ1v) is 10.7. The molecule has 1 amide bonds. The molecule has 1 aromatic carbocycles. The fourth-order valence-electron chi connectivity index (χ4n) is 4.67. The van der Waals surface area contributed by atoms with Gasteiger partial charge in [0, 0.05) is 28.0 Å². The van der Waals surface area contributed by atoms with Crippen LogP contribution in [0.1, 0.15) is 86.1 Å². The zero-order valence-electron chi connectivity index (χ0n) is 16.6. The van der Waals surface area contributed by atoms with Crippen molar-refractivity contribution in [3.8, 4) is 11.1 Å². The average Bonchev–Trinajstić information content (AvgIpc) is 2.89. The number of primary amides is 1. The van der Waals surface area contributed by atoms with Gasteiger partial charge in [-0.15, -0.1) is 0 Å². The summed E-state index contributed by atoms with van der Waals surface area (Å²) in [5.41, 5.74) is 10.9. The standard InChI is InChI=1S/C23H31ClN2O/c1-3-9-20-22(17-12-14-18(24)15-13-17)21(23(25)27)16(2)26(20)19-10-7-5-4-6-8-11-19/h12-15,19H,3-11H2,1-2H3,(H2,25,27). The van der Waals surface area contributed by atoms with Crippen molar-refractivity contribution in [2.24, 2.45) is 5.73 Å². The van der Waals surface area contributed by atoms with Crippen molar-refractivity contribution in [2.45, 2.75) is 77.7 Å². The molecule has 0 atom stereocenters. The minimum atomic E-state index is -0.334. The summed E-state index contributed by atoms with van der Waals surface area (Å²) in [5, 5.41) is 0.701. The van der Waals surface area contributed by atoms with Gasteiger partial charge in [-0.05, 0) is 43.9 Å². The summed E-state index contributed by atoms with van der Waals surface area (Å²) in [7, 11) is 0. The lowest BCUT2D eigenvalue weighted by atomic mass is 9.95. The van der Waals surface area contributed by atoms with Crippen molar-refractivity contribution in [3.63, 3.8) is 0 Å². The van der Waals surface area contributed by atoms with Crippen LogP contribution in [0.5, 0.6) is 0 Å². The zero-order valence-corrected chi connectivity index (χ0v) is 17.3. The first kappa shape index (κ1) is 20.0. The van der Waals surface area contributed by atoms with Crippen LogP contribution in [0.15, 0.2) is 24.3 Å². The summed E-state index contributed by atoms with van der Waals surface area (Å²) in [4.78, 5) is 12.4. The van der Waals surface area contributed by atoms with Crippen LogP contribution < -0.4 is 5.73 Å². The van der Waals surface area contributed by atoms with Gasteiger partial charge in [0.15, 0.2) is 0 Å². The van der Waals surface area contributed by atoms with Crippen molar-refractivity contribution in [1.82, 2.24) is 4.57 Å². The van der Waals surface area contributed by atoms with Crippen LogP contribution >= 0.6 is 11.6 Å². The third kappa shape index (κ3) is 4.24. The minimum absolute atomic E-state index is 0.334. The Morgan fingerprint density at radius 2 is 1.70 bits per heavy atom. The maximum atomic E-state index is 12.4. The summed E-state index contributed by atoms with van der Waals surface area (Å²) < 4.78 is 2.46. The number of benzene rings is 1. The lowest BCUT2D eigenvalue weighted by Crippen LogP contribution is -2.17. The molecule has 1 saturated carbocycles. The van der Waals surface area contributed by atoms with E-state index in [0.717, 1.165) is 29.7 Å². The molecule has 1 aliphatic rings. The topological polar surface area (TPSA) is 48.0 Å². The SMILES string of the molecule is CCCc1c(-c2ccc(Cl)cc2)c(C(N)=O)c(C)n1C1CCCCCCC1. The van der Waals surface area contributed by atoms with E-state index >= 15 is 0 Å². The molecule has 4 heteroatoms. The summed E-state index contributed by atoms with van der Waals surface area (Å²) in [6.07, 6.45) is 10.8. The summed E-state index contributed by atoms with van der Waals surface area (Å²) in [6, 6.07) is 8.25. The first-order chi connectivity index (χ1) is 13.0. The van der Waals surface area contributed by atoms with Gasteiger partial charge in [-0.1, -0.05) is 69.2 Å². The Kier molecular flexibility index (Phi) is 6.64. The highest BCUT2D eigenvalue weighted by molar-refractivity contribution is 6.30. The summed E-state index contributed by atoms with van der Waals surface area (Å²) >= 11 is 6.10. The molecule has 1 aliphatic carbocycles. The molecule has 3 nitrogen and oxygen atoms in total. The second kappa shape index (κ2) is 8.97. The van der Waals surface area contributed by atoms with Gasteiger partial charge in [-0.3, -0.25) is 4.79 Å². The smallest absolute Gasteiger partial charge is 0.251 e. The summed E-state index contributed by atoms with van der Waals surface area (Å²) in [5.74, 6) is -0.334. The van der Waals surface area contributed by atoms with Gasteiger partial charge in [0.1, 0.15) is 0 Å². The van der Waals surface area contributed by atoms with E-state index in [4.69, 9.17) is 17.3 Å². The molecular formula is C23H31ClN2O. The van der Waals surface area contributed by atoms with E-state index in [0.29, 0.717) is 16.6 Å². The molecule has 1 fully saturated rings. The number of aromatic nitrogens is 1. The highest BCUT2D eigenvalue weighted by Gasteiger charge is 2.28. The second-order valence-corrected chi connectivity index (χ2v) is 8.21. The molecule has 1 heterocycles. The van der Waals surface area contributed by atoms with Crippen LogP contribution in [0.4, 0.5) is 0 Å². The van der Waals surface area contributed by atoms with Gasteiger partial charge in [0.2, 0.25) is 0 Å². The molecule has 0 unspecified atom stereocenters. The number of amides is 1. The molecule has 146 valence electrons. The molecule has 1 aromatic heterocycles. The van der Waals surface area contributed by atoms with E-state index in [9.17, 15) is 4.79 Å². The van der Waals surface area contributed by atoms with E-state index in [1.54, 1.807) is 0 Å². The normalized spacial score (nSPS) is 16.1. The van der Waals surface area contributed by atoms with Crippen molar-refractivity contribution >= 4 is 17.5 Å². The number of nitrogens with two attached hydrogens (primary N) is 1. The molecule has 27 heavy (non-hydrogen) atoms. The van der Waals surface area contributed by atoms with Gasteiger partial charge >= 0.3 is 0 Å². The first-order valence-electron chi connectivity index (χ1n) is 10.3. The molecule has 0 saturated heterocycles. The van der Waals surface area contributed by atoms with Crippen LogP contribution in [0.2, 0.25) is 5.02 Å². The molecular weight excluding hydrogens is 356 g/mol. The van der Waals surface area contributed by atoms with E-state index in [2.05, 4.69) is 18.4 Å². The maximum absolute atomic E-state index is 12.4. The number of rotatable bonds is 5. The predicted molar refractivity (Wildman–Crippen MR) is 113 cm³/mol. The highest BCUT2D eigenvalue weighted by atomic mass is 35.5. The molecule has 3 rings (SSSR count). The molecule has 0 aliphatic heterocycles. The maximum Gasteiger partial charge on any atom is 0.251 e. The van der Waals surface area contributed by atoms with Gasteiger partial charge in [0.25, 0.3) is 5.91 Å². The Balaban J connectivity index is 2.19. The lowest BCUT2D eigenvalue weighted by Gasteiger charge is -2.26. The van der Waals surface area contributed by atoms with Crippen LogP contribution in [0, 0.1) is 6.92 Å². The predicted octanol–water partition coefficient (Wildman–Crippen LogP) is 6.45. The van der Waals surface area contributed by atoms with Crippen LogP contribution in [0.3, 0.4) is 0 Å². The van der Waals surface area contributed by atoms with Gasteiger partial charge in [0.05, 0.1) is 5.56 Å². The number of hydrogen-bond acceptors (Lipinski definition) is 1. The lowest BCUT2D eigenvalue weighted by molar-refractivity contribution is 0.1000. The third-order valence-electron chi connectivity index (χ3n) is 5.86. The van der Waals surface area contributed by atoms with E-state index < -0.39 is 0 Å². The molecule has 0 bridgehead atoms. The number of nitrogens with zero attached hydrogens (tertiary/aromatic N) is 1. The molecule has 0 spiro atoms. The number of halogens is 1. The fraction of sp³-hybridized carbons (Fsp3) is 0.522. The summed E-state index contributed by atoms with van der Waals surface area (Å²) in [6.45, 7) is 4.26. The number of hydrogen-bond donors (Lipinski definition) is 1. The van der Waals surface area contributed by atoms with E-state index in [1.165, 1.54) is 50.6 Å². The van der Waals surface area contributed by atoms with Crippen molar-refractivity contribution in [3.05, 3.63) is 46.2 Å². The van der Waals surface area contributed by atoms with Crippen molar-refractivity contribution in [1.29, 1.82) is 0 Å². The van der Waals surface area contributed by atoms with E-state index in [1.807, 2.05) is 24.3 Å². The minimum Gasteiger partial charge on any atom is -0.366 e. The van der Waals surface area contributed by atoms with Crippen LogP contribution in [-0.4, -0.2) is 10.5 Å². The highest BCUT2D eigenvalue weighted by Crippen LogP contribution is 2.39. The average molecular weight is 387 g/mol. The Labute approximate surface area is 167 Å². The Morgan fingerprint density at radius 3 is 2.26 bits per heavy atom. The van der Waals surface area contributed by atoms with Crippen LogP contribution in [-0.2, 0) is 6.42 Å². The van der Waals surface area contributed by atoms with Gasteiger partial charge < -0.3 is 10.3 Å². The van der Waals surface area contributed by atoms with Gasteiger partial charge in [-0.25, -0.2) is 0 Å². The second-order valence-electron chi connectivity index (χ2n) is 7.77. The quantitative estimate of drug-likeness (QED) is 0.630. The van der Waals surface area contributed by atoms with Gasteiger partial charge in [-0.2, -0.15) is 0 Å². The third-order valence-corrected chi connectivity index (χ3v) is 6.11.